The quantitative estimate of drug-likeness (QED) is 0.514. The van der Waals surface area contributed by atoms with Crippen molar-refractivity contribution in [3.63, 3.8) is 0 Å². The van der Waals surface area contributed by atoms with E-state index in [1.807, 2.05) is 17.9 Å². The van der Waals surface area contributed by atoms with Gasteiger partial charge in [0.25, 0.3) is 15.9 Å². The van der Waals surface area contributed by atoms with E-state index in [4.69, 9.17) is 4.74 Å². The van der Waals surface area contributed by atoms with Gasteiger partial charge in [-0.2, -0.15) is 8.42 Å². The van der Waals surface area contributed by atoms with Crippen molar-refractivity contribution in [1.82, 2.24) is 9.71 Å². The van der Waals surface area contributed by atoms with Crippen molar-refractivity contribution in [3.05, 3.63) is 47.5 Å². The summed E-state index contributed by atoms with van der Waals surface area (Å²) in [5.41, 5.74) is 0.0848. The number of piperidine rings is 1. The molecule has 2 aliphatic carbocycles. The number of carbonyl (C=O) groups excluding carboxylic acids is 1. The number of halogens is 2. The SMILES string of the molecule is Cc1ccc(C2CCC(F)(F)C2)c(OC2(C(=O)NS(=O)(=O)c3cccc(N4CCCC(CO)C4)n3)CC2)c1. The second-order valence-corrected chi connectivity index (χ2v) is 12.5. The second-order valence-electron chi connectivity index (χ2n) is 10.8. The van der Waals surface area contributed by atoms with Crippen LogP contribution in [0.5, 0.6) is 5.75 Å². The first-order valence-corrected chi connectivity index (χ1v) is 14.6. The first-order valence-electron chi connectivity index (χ1n) is 13.1. The standard InChI is InChI=1S/C27H33F2N3O5S/c1-18-7-8-21(20-9-10-27(28,29)15-20)22(14-18)37-26(11-12-26)25(34)31-38(35,36)24-6-2-5-23(30-24)32-13-3-4-19(16-32)17-33/h2,5-8,14,19-20,33H,3-4,9-13,15-17H2,1H3,(H,31,34). The number of carbonyl (C=O) groups is 1. The number of nitrogens with zero attached hydrogens (tertiary/aromatic N) is 2. The van der Waals surface area contributed by atoms with Crippen LogP contribution in [0.2, 0.25) is 0 Å². The lowest BCUT2D eigenvalue weighted by molar-refractivity contribution is -0.128. The molecule has 1 saturated heterocycles. The first-order chi connectivity index (χ1) is 18.0. The number of aryl methyl sites for hydroxylation is 1. The average molecular weight is 550 g/mol. The van der Waals surface area contributed by atoms with Gasteiger partial charge < -0.3 is 14.7 Å². The zero-order valence-electron chi connectivity index (χ0n) is 21.3. The van der Waals surface area contributed by atoms with Gasteiger partial charge in [-0.15, -0.1) is 0 Å². The molecule has 8 nitrogen and oxygen atoms in total. The van der Waals surface area contributed by atoms with E-state index in [0.717, 1.165) is 18.4 Å². The smallest absolute Gasteiger partial charge is 0.281 e. The van der Waals surface area contributed by atoms with Crippen molar-refractivity contribution in [3.8, 4) is 5.75 Å². The molecular formula is C27H33F2N3O5S. The van der Waals surface area contributed by atoms with Gasteiger partial charge in [-0.25, -0.2) is 18.5 Å². The Morgan fingerprint density at radius 2 is 2.00 bits per heavy atom. The van der Waals surface area contributed by atoms with Crippen LogP contribution in [0.1, 0.15) is 62.0 Å². The fraction of sp³-hybridized carbons (Fsp3) is 0.556. The van der Waals surface area contributed by atoms with Gasteiger partial charge in [0.2, 0.25) is 5.92 Å². The zero-order valence-corrected chi connectivity index (χ0v) is 22.1. The third-order valence-electron chi connectivity index (χ3n) is 7.75. The van der Waals surface area contributed by atoms with E-state index in [0.29, 0.717) is 49.5 Å². The van der Waals surface area contributed by atoms with Gasteiger partial charge in [-0.1, -0.05) is 18.2 Å². The summed E-state index contributed by atoms with van der Waals surface area (Å²) in [5, 5.41) is 9.23. The molecular weight excluding hydrogens is 516 g/mol. The topological polar surface area (TPSA) is 109 Å². The number of aliphatic hydroxyl groups is 1. The summed E-state index contributed by atoms with van der Waals surface area (Å²) in [6.07, 6.45) is 2.22. The normalized spacial score (nSPS) is 24.2. The molecule has 38 heavy (non-hydrogen) atoms. The molecule has 3 fully saturated rings. The van der Waals surface area contributed by atoms with Crippen LogP contribution in [0.4, 0.5) is 14.6 Å². The first kappa shape index (κ1) is 26.8. The Kier molecular flexibility index (Phi) is 7.10. The van der Waals surface area contributed by atoms with Crippen LogP contribution in [-0.4, -0.2) is 55.6 Å². The highest BCUT2D eigenvalue weighted by molar-refractivity contribution is 7.90. The maximum atomic E-state index is 13.9. The second kappa shape index (κ2) is 10.1. The molecule has 2 N–H and O–H groups in total. The van der Waals surface area contributed by atoms with Crippen LogP contribution in [0.3, 0.4) is 0 Å². The number of benzene rings is 1. The number of ether oxygens (including phenoxy) is 1. The number of amides is 1. The lowest BCUT2D eigenvalue weighted by Gasteiger charge is -2.32. The van der Waals surface area contributed by atoms with Crippen molar-refractivity contribution < 1.29 is 31.8 Å². The maximum absolute atomic E-state index is 13.9. The monoisotopic (exact) mass is 549 g/mol. The number of anilines is 1. The predicted molar refractivity (Wildman–Crippen MR) is 137 cm³/mol. The van der Waals surface area contributed by atoms with Crippen molar-refractivity contribution in [1.29, 1.82) is 0 Å². The number of aromatic nitrogens is 1. The van der Waals surface area contributed by atoms with Crippen molar-refractivity contribution in [2.24, 2.45) is 5.92 Å². The van der Waals surface area contributed by atoms with Gasteiger partial charge in [0.15, 0.2) is 10.6 Å². The van der Waals surface area contributed by atoms with Crippen LogP contribution in [0.25, 0.3) is 0 Å². The molecule has 2 heterocycles. The summed E-state index contributed by atoms with van der Waals surface area (Å²) in [7, 11) is -4.29. The number of rotatable bonds is 8. The number of aliphatic hydroxyl groups excluding tert-OH is 1. The molecule has 1 aliphatic heterocycles. The molecule has 2 saturated carbocycles. The summed E-state index contributed by atoms with van der Waals surface area (Å²) in [5.74, 6) is -3.01. The Morgan fingerprint density at radius 1 is 1.21 bits per heavy atom. The summed E-state index contributed by atoms with van der Waals surface area (Å²) in [4.78, 5) is 19.4. The average Bonchev–Trinajstić information content (AvgIpc) is 3.58. The minimum atomic E-state index is -4.29. The van der Waals surface area contributed by atoms with E-state index in [2.05, 4.69) is 9.71 Å². The maximum Gasteiger partial charge on any atom is 0.281 e. The predicted octanol–water partition coefficient (Wildman–Crippen LogP) is 3.92. The number of sulfonamides is 1. The van der Waals surface area contributed by atoms with Gasteiger partial charge in [-0.05, 0) is 67.3 Å². The number of alkyl halides is 2. The third-order valence-corrected chi connectivity index (χ3v) is 8.98. The largest absolute Gasteiger partial charge is 0.477 e. The zero-order chi connectivity index (χ0) is 27.1. The van der Waals surface area contributed by atoms with Gasteiger partial charge in [-0.3, -0.25) is 4.79 Å². The Bertz CT molecular complexity index is 1320. The molecule has 206 valence electrons. The molecule has 2 aromatic rings. The highest BCUT2D eigenvalue weighted by Gasteiger charge is 2.55. The van der Waals surface area contributed by atoms with Gasteiger partial charge >= 0.3 is 0 Å². The number of hydrogen-bond donors (Lipinski definition) is 2. The summed E-state index contributed by atoms with van der Waals surface area (Å²) < 4.78 is 62.3. The molecule has 3 aliphatic rings. The summed E-state index contributed by atoms with van der Waals surface area (Å²) in [6.45, 7) is 3.16. The van der Waals surface area contributed by atoms with Crippen molar-refractivity contribution in [2.75, 3.05) is 24.6 Å². The number of pyridine rings is 1. The van der Waals surface area contributed by atoms with Crippen molar-refractivity contribution >= 4 is 21.7 Å². The van der Waals surface area contributed by atoms with Crippen LogP contribution in [0.15, 0.2) is 41.4 Å². The Labute approximate surface area is 221 Å². The highest BCUT2D eigenvalue weighted by Crippen LogP contribution is 2.49. The van der Waals surface area contributed by atoms with E-state index in [-0.39, 0.29) is 30.4 Å². The van der Waals surface area contributed by atoms with E-state index < -0.39 is 33.4 Å². The minimum Gasteiger partial charge on any atom is -0.477 e. The fourth-order valence-corrected chi connectivity index (χ4v) is 6.41. The molecule has 1 amide bonds. The molecule has 1 aromatic heterocycles. The lowest BCUT2D eigenvalue weighted by Crippen LogP contribution is -2.44. The Balaban J connectivity index is 1.32. The van der Waals surface area contributed by atoms with Crippen LogP contribution < -0.4 is 14.4 Å². The summed E-state index contributed by atoms with van der Waals surface area (Å²) >= 11 is 0. The minimum absolute atomic E-state index is 0.0540. The summed E-state index contributed by atoms with van der Waals surface area (Å²) in [6, 6.07) is 9.91. The fourth-order valence-electron chi connectivity index (χ4n) is 5.40. The van der Waals surface area contributed by atoms with E-state index in [1.165, 1.54) is 6.07 Å². The molecule has 2 atom stereocenters. The molecule has 0 radical (unpaired) electrons. The van der Waals surface area contributed by atoms with Crippen molar-refractivity contribution in [2.45, 2.75) is 74.3 Å². The Hall–Kier alpha value is -2.79. The van der Waals surface area contributed by atoms with Crippen LogP contribution in [0, 0.1) is 12.8 Å². The van der Waals surface area contributed by atoms with E-state index in [1.54, 1.807) is 24.3 Å². The molecule has 5 rings (SSSR count). The lowest BCUT2D eigenvalue weighted by atomic mass is 9.95. The van der Waals surface area contributed by atoms with E-state index >= 15 is 0 Å². The third kappa shape index (κ3) is 5.63. The molecule has 2 unspecified atom stereocenters. The molecule has 0 bridgehead atoms. The van der Waals surface area contributed by atoms with Gasteiger partial charge in [0, 0.05) is 45.4 Å². The number of nitrogens with one attached hydrogen (secondary N) is 1. The highest BCUT2D eigenvalue weighted by atomic mass is 32.2. The van der Waals surface area contributed by atoms with Gasteiger partial charge in [0.1, 0.15) is 11.6 Å². The van der Waals surface area contributed by atoms with Crippen LogP contribution in [-0.2, 0) is 14.8 Å². The molecule has 0 spiro atoms. The number of hydrogen-bond acceptors (Lipinski definition) is 7. The van der Waals surface area contributed by atoms with E-state index in [9.17, 15) is 27.1 Å². The van der Waals surface area contributed by atoms with Crippen LogP contribution >= 0.6 is 0 Å². The van der Waals surface area contributed by atoms with Gasteiger partial charge in [0.05, 0.1) is 0 Å². The Morgan fingerprint density at radius 3 is 2.68 bits per heavy atom. The molecule has 1 aromatic carbocycles. The molecule has 11 heteroatoms.